The van der Waals surface area contributed by atoms with Crippen molar-refractivity contribution in [1.29, 1.82) is 0 Å². The van der Waals surface area contributed by atoms with E-state index in [2.05, 4.69) is 17.4 Å². The van der Waals surface area contributed by atoms with E-state index >= 15 is 0 Å². The molecule has 0 atom stereocenters. The summed E-state index contributed by atoms with van der Waals surface area (Å²) in [5, 5.41) is 14.4. The molecule has 3 rings (SSSR count). The molecule has 0 amide bonds. The first-order chi connectivity index (χ1) is 11.2. The molecule has 0 unspecified atom stereocenters. The van der Waals surface area contributed by atoms with Crippen molar-refractivity contribution in [2.75, 3.05) is 5.32 Å². The van der Waals surface area contributed by atoms with Crippen molar-refractivity contribution < 1.29 is 4.92 Å². The first kappa shape index (κ1) is 14.8. The van der Waals surface area contributed by atoms with Gasteiger partial charge in [0.2, 0.25) is 0 Å². The molecule has 0 spiro atoms. The van der Waals surface area contributed by atoms with Crippen molar-refractivity contribution in [3.63, 3.8) is 0 Å². The van der Waals surface area contributed by atoms with Gasteiger partial charge in [-0.25, -0.2) is 0 Å². The third kappa shape index (κ3) is 3.55. The molecule has 0 bridgehead atoms. The van der Waals surface area contributed by atoms with Crippen LogP contribution in [-0.2, 0) is 6.54 Å². The summed E-state index contributed by atoms with van der Waals surface area (Å²) < 4.78 is 0. The van der Waals surface area contributed by atoms with Gasteiger partial charge in [-0.3, -0.25) is 10.1 Å². The van der Waals surface area contributed by atoms with Crippen molar-refractivity contribution in [3.8, 4) is 11.1 Å². The highest BCUT2D eigenvalue weighted by Crippen LogP contribution is 2.30. The second-order valence-corrected chi connectivity index (χ2v) is 5.19. The molecule has 114 valence electrons. The molecule has 4 heteroatoms. The zero-order valence-corrected chi connectivity index (χ0v) is 12.5. The molecule has 0 heterocycles. The summed E-state index contributed by atoms with van der Waals surface area (Å²) in [6.45, 7) is 0.701. The van der Waals surface area contributed by atoms with Gasteiger partial charge < -0.3 is 5.32 Å². The number of rotatable bonds is 5. The molecule has 0 aromatic heterocycles. The normalized spacial score (nSPS) is 10.3. The van der Waals surface area contributed by atoms with Crippen LogP contribution in [0.2, 0.25) is 0 Å². The summed E-state index contributed by atoms with van der Waals surface area (Å²) in [6, 6.07) is 24.6. The van der Waals surface area contributed by atoms with E-state index in [-0.39, 0.29) is 10.6 Å². The van der Waals surface area contributed by atoms with E-state index in [9.17, 15) is 10.1 Å². The van der Waals surface area contributed by atoms with Crippen LogP contribution < -0.4 is 5.32 Å². The van der Waals surface area contributed by atoms with E-state index in [1.54, 1.807) is 12.1 Å². The molecule has 0 saturated carbocycles. The second kappa shape index (κ2) is 6.75. The first-order valence-corrected chi connectivity index (χ1v) is 7.36. The monoisotopic (exact) mass is 304 g/mol. The minimum absolute atomic E-state index is 0.0976. The first-order valence-electron chi connectivity index (χ1n) is 7.36. The number of benzene rings is 3. The van der Waals surface area contributed by atoms with Gasteiger partial charge in [-0.2, -0.15) is 0 Å². The Hall–Kier alpha value is -3.14. The fourth-order valence-corrected chi connectivity index (χ4v) is 2.47. The summed E-state index contributed by atoms with van der Waals surface area (Å²) in [6.07, 6.45) is 0. The van der Waals surface area contributed by atoms with Gasteiger partial charge in [0.1, 0.15) is 0 Å². The van der Waals surface area contributed by atoms with Crippen molar-refractivity contribution in [2.45, 2.75) is 6.54 Å². The molecule has 3 aromatic rings. The lowest BCUT2D eigenvalue weighted by molar-refractivity contribution is -0.384. The molecular formula is C19H16N2O2. The Bertz CT molecular complexity index is 816. The number of para-hydroxylation sites is 1. The molecule has 0 saturated heterocycles. The predicted molar refractivity (Wildman–Crippen MR) is 92.3 cm³/mol. The van der Waals surface area contributed by atoms with Crippen LogP contribution in [0.1, 0.15) is 5.56 Å². The quantitative estimate of drug-likeness (QED) is 0.540. The van der Waals surface area contributed by atoms with Crippen molar-refractivity contribution in [1.82, 2.24) is 0 Å². The summed E-state index contributed by atoms with van der Waals surface area (Å²) in [5.41, 5.74) is 4.01. The zero-order valence-electron chi connectivity index (χ0n) is 12.5. The number of nitro benzene ring substituents is 1. The van der Waals surface area contributed by atoms with Gasteiger partial charge in [0, 0.05) is 29.9 Å². The van der Waals surface area contributed by atoms with Gasteiger partial charge in [-0.1, -0.05) is 60.7 Å². The van der Waals surface area contributed by atoms with Crippen LogP contribution in [0.4, 0.5) is 11.4 Å². The molecule has 4 nitrogen and oxygen atoms in total. The van der Waals surface area contributed by atoms with Gasteiger partial charge in [0.15, 0.2) is 0 Å². The largest absolute Gasteiger partial charge is 0.380 e. The molecule has 0 aliphatic rings. The highest BCUT2D eigenvalue weighted by molar-refractivity contribution is 5.78. The fraction of sp³-hybridized carbons (Fsp3) is 0.0526. The van der Waals surface area contributed by atoms with E-state index < -0.39 is 0 Å². The van der Waals surface area contributed by atoms with Crippen molar-refractivity contribution in [2.24, 2.45) is 0 Å². The zero-order chi connectivity index (χ0) is 16.1. The topological polar surface area (TPSA) is 55.2 Å². The summed E-state index contributed by atoms with van der Waals surface area (Å²) in [7, 11) is 0. The smallest absolute Gasteiger partial charge is 0.270 e. The number of nitro groups is 1. The maximum Gasteiger partial charge on any atom is 0.270 e. The lowest BCUT2D eigenvalue weighted by Gasteiger charge is -2.12. The molecule has 0 radical (unpaired) electrons. The molecule has 0 aliphatic carbocycles. The maximum absolute atomic E-state index is 11.0. The van der Waals surface area contributed by atoms with Crippen LogP contribution in [0.5, 0.6) is 0 Å². The van der Waals surface area contributed by atoms with E-state index in [1.165, 1.54) is 11.6 Å². The Kier molecular flexibility index (Phi) is 4.34. The second-order valence-electron chi connectivity index (χ2n) is 5.19. The van der Waals surface area contributed by atoms with Crippen LogP contribution in [0.15, 0.2) is 78.9 Å². The van der Waals surface area contributed by atoms with Crippen molar-refractivity contribution >= 4 is 11.4 Å². The Morgan fingerprint density at radius 2 is 1.61 bits per heavy atom. The summed E-state index contributed by atoms with van der Waals surface area (Å²) in [5.74, 6) is 0. The Balaban J connectivity index is 1.89. The van der Waals surface area contributed by atoms with Crippen LogP contribution in [0.3, 0.4) is 0 Å². The minimum Gasteiger partial charge on any atom is -0.380 e. The Morgan fingerprint density at radius 1 is 0.870 bits per heavy atom. The molecular weight excluding hydrogens is 288 g/mol. The molecule has 0 aliphatic heterocycles. The maximum atomic E-state index is 11.0. The van der Waals surface area contributed by atoms with Crippen LogP contribution in [0.25, 0.3) is 11.1 Å². The number of hydrogen-bond acceptors (Lipinski definition) is 3. The number of hydrogen-bond donors (Lipinski definition) is 1. The standard InChI is InChI=1S/C19H16N2O2/c22-21(23)17-10-6-9-16(13-17)18-11-4-5-12-19(18)20-14-15-7-2-1-3-8-15/h1-13,20H,14H2. The number of anilines is 1. The average Bonchev–Trinajstić information content (AvgIpc) is 2.61. The fourth-order valence-electron chi connectivity index (χ4n) is 2.47. The highest BCUT2D eigenvalue weighted by Gasteiger charge is 2.09. The summed E-state index contributed by atoms with van der Waals surface area (Å²) in [4.78, 5) is 10.6. The number of non-ortho nitro benzene ring substituents is 1. The molecule has 0 fully saturated rings. The van der Waals surface area contributed by atoms with Gasteiger partial charge in [-0.15, -0.1) is 0 Å². The predicted octanol–water partition coefficient (Wildman–Crippen LogP) is 4.87. The van der Waals surface area contributed by atoms with Crippen LogP contribution >= 0.6 is 0 Å². The SMILES string of the molecule is O=[N+]([O-])c1cccc(-c2ccccc2NCc2ccccc2)c1. The third-order valence-corrected chi connectivity index (χ3v) is 3.62. The van der Waals surface area contributed by atoms with E-state index in [0.717, 1.165) is 16.8 Å². The van der Waals surface area contributed by atoms with E-state index in [1.807, 2.05) is 48.5 Å². The van der Waals surface area contributed by atoms with Crippen LogP contribution in [0, 0.1) is 10.1 Å². The van der Waals surface area contributed by atoms with Gasteiger partial charge in [0.25, 0.3) is 5.69 Å². The number of nitrogens with zero attached hydrogens (tertiary/aromatic N) is 1. The van der Waals surface area contributed by atoms with Gasteiger partial charge in [0.05, 0.1) is 4.92 Å². The van der Waals surface area contributed by atoms with Crippen molar-refractivity contribution in [3.05, 3.63) is 94.5 Å². The lowest BCUT2D eigenvalue weighted by atomic mass is 10.0. The Labute approximate surface area is 134 Å². The Morgan fingerprint density at radius 3 is 2.39 bits per heavy atom. The van der Waals surface area contributed by atoms with Crippen LogP contribution in [-0.4, -0.2) is 4.92 Å². The van der Waals surface area contributed by atoms with E-state index in [0.29, 0.717) is 6.54 Å². The molecule has 23 heavy (non-hydrogen) atoms. The lowest BCUT2D eigenvalue weighted by Crippen LogP contribution is -2.00. The average molecular weight is 304 g/mol. The van der Waals surface area contributed by atoms with E-state index in [4.69, 9.17) is 0 Å². The number of nitrogens with one attached hydrogen (secondary N) is 1. The highest BCUT2D eigenvalue weighted by atomic mass is 16.6. The summed E-state index contributed by atoms with van der Waals surface area (Å²) >= 11 is 0. The third-order valence-electron chi connectivity index (χ3n) is 3.62. The van der Waals surface area contributed by atoms with Gasteiger partial charge >= 0.3 is 0 Å². The molecule has 1 N–H and O–H groups in total. The molecule has 3 aromatic carbocycles. The van der Waals surface area contributed by atoms with Gasteiger partial charge in [-0.05, 0) is 17.2 Å². The minimum atomic E-state index is -0.372.